The van der Waals surface area contributed by atoms with Crippen molar-refractivity contribution in [3.63, 3.8) is 0 Å². The smallest absolute Gasteiger partial charge is 0.245 e. The molecular formula is C42H50N6O4. The van der Waals surface area contributed by atoms with Crippen molar-refractivity contribution >= 4 is 34.2 Å². The van der Waals surface area contributed by atoms with E-state index in [1.54, 1.807) is 17.1 Å². The molecule has 10 nitrogen and oxygen atoms in total. The van der Waals surface area contributed by atoms with Gasteiger partial charge < -0.3 is 4.90 Å². The van der Waals surface area contributed by atoms with Gasteiger partial charge in [-0.05, 0) is 106 Å². The summed E-state index contributed by atoms with van der Waals surface area (Å²) in [5, 5.41) is 5.50. The Morgan fingerprint density at radius 3 is 2.37 bits per heavy atom. The number of aromatic nitrogens is 5. The second-order valence-corrected chi connectivity index (χ2v) is 16.4. The highest BCUT2D eigenvalue weighted by Gasteiger charge is 2.66. The molecule has 1 saturated heterocycles. The van der Waals surface area contributed by atoms with E-state index in [1.165, 1.54) is 6.92 Å². The zero-order chi connectivity index (χ0) is 37.1. The number of carbonyl (C=O) groups is 4. The van der Waals surface area contributed by atoms with Gasteiger partial charge in [0.1, 0.15) is 23.8 Å². The number of aryl methyl sites for hydroxylation is 5. The quantitative estimate of drug-likeness (QED) is 0.204. The standard InChI is InChI=1S/C42H50N6O4/c1-24-15-25(2)33(45-26(24)3)18-35(50)34-19-42-14-12-37(51)41(6,7)13-10-8-9-11-29-16-30(31-21-43-28(5)44-22-31)17-32-39(27(4)49)46-47(40(29)32)23-38(52)48(34)36(42)20-42/h15-17,21-22,34,36H,8-14,18-20,23H2,1-7H3/t34-,36+,42-/m0/s1. The molecule has 4 aromatic rings. The average Bonchev–Trinajstić information content (AvgIpc) is 3.50. The Morgan fingerprint density at radius 2 is 1.63 bits per heavy atom. The lowest BCUT2D eigenvalue weighted by Gasteiger charge is -2.27. The van der Waals surface area contributed by atoms with Gasteiger partial charge in [-0.3, -0.25) is 28.8 Å². The maximum atomic E-state index is 14.6. The number of amides is 1. The Bertz CT molecular complexity index is 2110. The number of benzene rings is 1. The van der Waals surface area contributed by atoms with E-state index in [0.29, 0.717) is 42.6 Å². The van der Waals surface area contributed by atoms with Crippen LogP contribution in [0.4, 0.5) is 0 Å². The highest BCUT2D eigenvalue weighted by atomic mass is 16.2. The molecule has 0 N–H and O–H groups in total. The fourth-order valence-corrected chi connectivity index (χ4v) is 8.77. The number of piperidine rings is 1. The number of ketones is 3. The van der Waals surface area contributed by atoms with Crippen molar-refractivity contribution in [1.82, 2.24) is 29.6 Å². The minimum absolute atomic E-state index is 0.0276. The lowest BCUT2D eigenvalue weighted by Crippen LogP contribution is -2.45. The molecule has 3 atom stereocenters. The Labute approximate surface area is 305 Å². The Balaban J connectivity index is 1.30. The molecule has 7 rings (SSSR count). The van der Waals surface area contributed by atoms with Crippen molar-refractivity contribution in [3.05, 3.63) is 70.2 Å². The van der Waals surface area contributed by atoms with Crippen LogP contribution in [0.1, 0.15) is 117 Å². The zero-order valence-electron chi connectivity index (χ0n) is 31.6. The summed E-state index contributed by atoms with van der Waals surface area (Å²) < 4.78 is 1.70. The second kappa shape index (κ2) is 13.4. The molecule has 0 radical (unpaired) electrons. The Kier molecular flexibility index (Phi) is 9.24. The van der Waals surface area contributed by atoms with E-state index in [0.717, 1.165) is 76.8 Å². The average molecular weight is 703 g/mol. The van der Waals surface area contributed by atoms with Gasteiger partial charge in [-0.1, -0.05) is 32.8 Å². The van der Waals surface area contributed by atoms with Crippen molar-refractivity contribution in [3.8, 4) is 11.1 Å². The topological polar surface area (TPSA) is 128 Å². The first-order chi connectivity index (χ1) is 24.7. The van der Waals surface area contributed by atoms with E-state index >= 15 is 0 Å². The van der Waals surface area contributed by atoms with E-state index in [2.05, 4.69) is 35.9 Å². The van der Waals surface area contributed by atoms with Gasteiger partial charge in [0, 0.05) is 53.8 Å². The van der Waals surface area contributed by atoms with Crippen molar-refractivity contribution in [2.45, 2.75) is 131 Å². The lowest BCUT2D eigenvalue weighted by molar-refractivity contribution is -0.139. The van der Waals surface area contributed by atoms with E-state index in [1.807, 2.05) is 38.7 Å². The van der Waals surface area contributed by atoms with Crippen molar-refractivity contribution in [2.75, 3.05) is 0 Å². The first-order valence-electron chi connectivity index (χ1n) is 18.8. The van der Waals surface area contributed by atoms with Crippen LogP contribution in [-0.4, -0.2) is 65.0 Å². The van der Waals surface area contributed by atoms with E-state index < -0.39 is 11.5 Å². The molecule has 2 fully saturated rings. The highest BCUT2D eigenvalue weighted by Crippen LogP contribution is 2.62. The third-order valence-electron chi connectivity index (χ3n) is 12.2. The third-order valence-corrected chi connectivity index (χ3v) is 12.2. The van der Waals surface area contributed by atoms with Crippen LogP contribution in [0.3, 0.4) is 0 Å². The van der Waals surface area contributed by atoms with Crippen LogP contribution in [0, 0.1) is 38.5 Å². The van der Waals surface area contributed by atoms with Gasteiger partial charge in [0.25, 0.3) is 0 Å². The molecule has 2 bridgehead atoms. The summed E-state index contributed by atoms with van der Waals surface area (Å²) in [5.41, 5.74) is 6.78. The number of hydrogen-bond acceptors (Lipinski definition) is 8. The summed E-state index contributed by atoms with van der Waals surface area (Å²) in [6.45, 7) is 13.3. The van der Waals surface area contributed by atoms with Crippen LogP contribution in [-0.2, 0) is 33.8 Å². The SMILES string of the molecule is CC(=O)c1nn2c3c(cc(-c4cnc(C)nc4)cc13)CCCCCC(C)(C)C(=O)CC[C@@]13C[C@@H](C(=O)Cc4nc(C)c(C)cc4C)N(C(=O)C2)[C@@H]1C3. The molecule has 2 aliphatic heterocycles. The molecule has 0 spiro atoms. The first kappa shape index (κ1) is 35.8. The molecule has 1 aliphatic carbocycles. The number of rotatable bonds is 5. The summed E-state index contributed by atoms with van der Waals surface area (Å²) in [4.78, 5) is 71.0. The molecule has 52 heavy (non-hydrogen) atoms. The molecule has 1 amide bonds. The molecule has 272 valence electrons. The molecule has 1 saturated carbocycles. The van der Waals surface area contributed by atoms with Crippen LogP contribution in [0.25, 0.3) is 22.0 Å². The Morgan fingerprint density at radius 1 is 0.885 bits per heavy atom. The molecule has 5 heterocycles. The lowest BCUT2D eigenvalue weighted by atomic mass is 9.79. The van der Waals surface area contributed by atoms with Gasteiger partial charge in [0.2, 0.25) is 5.91 Å². The molecular weight excluding hydrogens is 653 g/mol. The fourth-order valence-electron chi connectivity index (χ4n) is 8.77. The first-order valence-corrected chi connectivity index (χ1v) is 18.8. The van der Waals surface area contributed by atoms with Crippen LogP contribution < -0.4 is 0 Å². The van der Waals surface area contributed by atoms with Gasteiger partial charge in [-0.15, -0.1) is 0 Å². The van der Waals surface area contributed by atoms with E-state index in [4.69, 9.17) is 10.1 Å². The maximum Gasteiger partial charge on any atom is 0.245 e. The number of nitrogens with zero attached hydrogens (tertiary/aromatic N) is 6. The summed E-state index contributed by atoms with van der Waals surface area (Å²) in [5.74, 6) is 0.529. The number of pyridine rings is 1. The predicted octanol–water partition coefficient (Wildman–Crippen LogP) is 6.99. The summed E-state index contributed by atoms with van der Waals surface area (Å²) in [6.07, 6.45) is 10.4. The van der Waals surface area contributed by atoms with Crippen LogP contribution in [0.5, 0.6) is 0 Å². The van der Waals surface area contributed by atoms with Gasteiger partial charge in [0.05, 0.1) is 23.7 Å². The number of hydrogen-bond donors (Lipinski definition) is 0. The summed E-state index contributed by atoms with van der Waals surface area (Å²) in [7, 11) is 0. The zero-order valence-corrected chi connectivity index (χ0v) is 31.6. The predicted molar refractivity (Wildman–Crippen MR) is 199 cm³/mol. The number of Topliss-reactive ketones (excluding diaryl/α,β-unsaturated/α-hetero) is 3. The van der Waals surface area contributed by atoms with Crippen molar-refractivity contribution in [1.29, 1.82) is 0 Å². The summed E-state index contributed by atoms with van der Waals surface area (Å²) in [6, 6.07) is 5.40. The highest BCUT2D eigenvalue weighted by molar-refractivity contribution is 6.07. The third kappa shape index (κ3) is 6.61. The minimum atomic E-state index is -0.613. The number of carbonyl (C=O) groups excluding carboxylic acids is 4. The molecule has 3 aliphatic rings. The van der Waals surface area contributed by atoms with E-state index in [-0.39, 0.29) is 47.7 Å². The fraction of sp³-hybridized carbons (Fsp3) is 0.524. The van der Waals surface area contributed by atoms with E-state index in [9.17, 15) is 19.2 Å². The van der Waals surface area contributed by atoms with Crippen LogP contribution in [0.15, 0.2) is 30.6 Å². The second-order valence-electron chi connectivity index (χ2n) is 16.4. The van der Waals surface area contributed by atoms with Gasteiger partial charge >= 0.3 is 0 Å². The maximum absolute atomic E-state index is 14.6. The molecule has 1 aromatic carbocycles. The molecule has 0 unspecified atom stereocenters. The largest absolute Gasteiger partial charge is 0.327 e. The van der Waals surface area contributed by atoms with Gasteiger partial charge in [-0.25, -0.2) is 9.97 Å². The minimum Gasteiger partial charge on any atom is -0.327 e. The molecule has 3 aromatic heterocycles. The van der Waals surface area contributed by atoms with Gasteiger partial charge in [0.15, 0.2) is 11.6 Å². The summed E-state index contributed by atoms with van der Waals surface area (Å²) >= 11 is 0. The van der Waals surface area contributed by atoms with Crippen LogP contribution >= 0.6 is 0 Å². The normalized spacial score (nSPS) is 23.4. The monoisotopic (exact) mass is 702 g/mol. The van der Waals surface area contributed by atoms with Crippen molar-refractivity contribution < 1.29 is 19.2 Å². The van der Waals surface area contributed by atoms with Crippen molar-refractivity contribution in [2.24, 2.45) is 10.8 Å². The molecule has 10 heteroatoms. The van der Waals surface area contributed by atoms with Crippen LogP contribution in [0.2, 0.25) is 0 Å². The Hall–Kier alpha value is -4.60. The van der Waals surface area contributed by atoms with Gasteiger partial charge in [-0.2, -0.15) is 5.10 Å².